The van der Waals surface area contributed by atoms with E-state index in [-0.39, 0.29) is 5.91 Å². The number of nitrogens with one attached hydrogen (secondary N) is 1. The topological polar surface area (TPSA) is 52.9 Å². The Morgan fingerprint density at radius 3 is 2.67 bits per heavy atom. The summed E-state index contributed by atoms with van der Waals surface area (Å²) < 4.78 is 0. The number of nitriles is 1. The predicted molar refractivity (Wildman–Crippen MR) is 58.9 cm³/mol. The van der Waals surface area contributed by atoms with Crippen molar-refractivity contribution in [1.29, 1.82) is 5.26 Å². The van der Waals surface area contributed by atoms with E-state index in [9.17, 15) is 4.79 Å². The van der Waals surface area contributed by atoms with Crippen LogP contribution >= 0.6 is 0 Å². The van der Waals surface area contributed by atoms with Gasteiger partial charge in [-0.25, -0.2) is 0 Å². The van der Waals surface area contributed by atoms with Crippen LogP contribution in [-0.4, -0.2) is 12.5 Å². The lowest BCUT2D eigenvalue weighted by Gasteiger charge is -2.09. The number of nitrogens with zero attached hydrogens (tertiary/aromatic N) is 1. The highest BCUT2D eigenvalue weighted by molar-refractivity contribution is 5.81. The summed E-state index contributed by atoms with van der Waals surface area (Å²) in [5, 5.41) is 11.7. The Morgan fingerprint density at radius 1 is 1.67 bits per heavy atom. The fourth-order valence-corrected chi connectivity index (χ4v) is 1.81. The van der Waals surface area contributed by atoms with Gasteiger partial charge in [-0.05, 0) is 24.2 Å². The molecule has 1 aliphatic rings. The first-order chi connectivity index (χ1) is 7.01. The summed E-state index contributed by atoms with van der Waals surface area (Å²) in [5.74, 6) is 0.0429. The molecule has 0 heterocycles. The molecular formula is C12H20N2O. The van der Waals surface area contributed by atoms with Gasteiger partial charge in [0.05, 0.1) is 6.07 Å². The zero-order valence-corrected chi connectivity index (χ0v) is 9.84. The fourth-order valence-electron chi connectivity index (χ4n) is 1.81. The molecule has 0 aromatic carbocycles. The standard InChI is InChI=1S/C12H20N2O/c1-4-5-9(7-13)11(15)14-8-10-6-12(10,2)3/h9-10H,4-6,8H2,1-3H3,(H,14,15). The number of rotatable bonds is 5. The van der Waals surface area contributed by atoms with Crippen LogP contribution in [-0.2, 0) is 4.79 Å². The summed E-state index contributed by atoms with van der Waals surface area (Å²) >= 11 is 0. The smallest absolute Gasteiger partial charge is 0.237 e. The van der Waals surface area contributed by atoms with Crippen LogP contribution in [0.5, 0.6) is 0 Å². The van der Waals surface area contributed by atoms with Gasteiger partial charge in [-0.15, -0.1) is 0 Å². The maximum absolute atomic E-state index is 11.6. The van der Waals surface area contributed by atoms with Crippen molar-refractivity contribution in [2.75, 3.05) is 6.54 Å². The van der Waals surface area contributed by atoms with Crippen LogP contribution in [0.25, 0.3) is 0 Å². The lowest BCUT2D eigenvalue weighted by molar-refractivity contribution is -0.123. The maximum Gasteiger partial charge on any atom is 0.237 e. The Kier molecular flexibility index (Phi) is 3.73. The molecule has 0 saturated heterocycles. The number of carbonyl (C=O) groups excluding carboxylic acids is 1. The first kappa shape index (κ1) is 12.0. The zero-order valence-electron chi connectivity index (χ0n) is 9.84. The monoisotopic (exact) mass is 208 g/mol. The predicted octanol–water partition coefficient (Wildman–Crippen LogP) is 2.09. The summed E-state index contributed by atoms with van der Waals surface area (Å²) in [4.78, 5) is 11.6. The molecule has 1 fully saturated rings. The molecule has 0 spiro atoms. The van der Waals surface area contributed by atoms with Crippen molar-refractivity contribution in [3.63, 3.8) is 0 Å². The van der Waals surface area contributed by atoms with E-state index in [0.717, 1.165) is 13.0 Å². The lowest BCUT2D eigenvalue weighted by Crippen LogP contribution is -2.32. The van der Waals surface area contributed by atoms with Gasteiger partial charge in [-0.3, -0.25) is 4.79 Å². The molecule has 1 aliphatic carbocycles. The third-order valence-electron chi connectivity index (χ3n) is 3.29. The second-order valence-electron chi connectivity index (χ2n) is 5.11. The summed E-state index contributed by atoms with van der Waals surface area (Å²) in [6.45, 7) is 7.13. The van der Waals surface area contributed by atoms with Crippen LogP contribution in [0.2, 0.25) is 0 Å². The van der Waals surface area contributed by atoms with Crippen molar-refractivity contribution >= 4 is 5.91 Å². The highest BCUT2D eigenvalue weighted by Gasteiger charge is 2.45. The van der Waals surface area contributed by atoms with Gasteiger partial charge in [0, 0.05) is 6.54 Å². The molecule has 3 heteroatoms. The molecule has 0 aromatic heterocycles. The summed E-state index contributed by atoms with van der Waals surface area (Å²) in [7, 11) is 0. The average Bonchev–Trinajstić information content (AvgIpc) is 2.79. The van der Waals surface area contributed by atoms with Gasteiger partial charge in [0.15, 0.2) is 0 Å². The first-order valence-electron chi connectivity index (χ1n) is 5.68. The normalized spacial score (nSPS) is 24.0. The van der Waals surface area contributed by atoms with Crippen LogP contribution in [0.15, 0.2) is 0 Å². The molecule has 1 saturated carbocycles. The van der Waals surface area contributed by atoms with Gasteiger partial charge < -0.3 is 5.32 Å². The number of hydrogen-bond acceptors (Lipinski definition) is 2. The summed E-state index contributed by atoms with van der Waals surface area (Å²) in [6.07, 6.45) is 2.72. The van der Waals surface area contributed by atoms with Crippen molar-refractivity contribution in [1.82, 2.24) is 5.32 Å². The van der Waals surface area contributed by atoms with E-state index < -0.39 is 5.92 Å². The number of hydrogen-bond donors (Lipinski definition) is 1. The average molecular weight is 208 g/mol. The van der Waals surface area contributed by atoms with Crippen molar-refractivity contribution in [3.05, 3.63) is 0 Å². The number of carbonyl (C=O) groups is 1. The maximum atomic E-state index is 11.6. The first-order valence-corrected chi connectivity index (χ1v) is 5.68. The SMILES string of the molecule is CCCC(C#N)C(=O)NCC1CC1(C)C. The largest absolute Gasteiger partial charge is 0.355 e. The van der Waals surface area contributed by atoms with Crippen LogP contribution in [0.4, 0.5) is 0 Å². The fraction of sp³-hybridized carbons (Fsp3) is 0.833. The molecular weight excluding hydrogens is 188 g/mol. The summed E-state index contributed by atoms with van der Waals surface area (Å²) in [5.41, 5.74) is 0.389. The van der Waals surface area contributed by atoms with E-state index in [1.807, 2.05) is 6.92 Å². The van der Waals surface area contributed by atoms with Crippen molar-refractivity contribution < 1.29 is 4.79 Å². The van der Waals surface area contributed by atoms with E-state index in [2.05, 4.69) is 25.2 Å². The molecule has 15 heavy (non-hydrogen) atoms. The number of amides is 1. The van der Waals surface area contributed by atoms with Crippen LogP contribution in [0.1, 0.15) is 40.0 Å². The van der Waals surface area contributed by atoms with E-state index >= 15 is 0 Å². The lowest BCUT2D eigenvalue weighted by atomic mass is 10.0. The van der Waals surface area contributed by atoms with Crippen LogP contribution in [0, 0.1) is 28.6 Å². The van der Waals surface area contributed by atoms with Gasteiger partial charge in [0.1, 0.15) is 5.92 Å². The minimum absolute atomic E-state index is 0.0953. The quantitative estimate of drug-likeness (QED) is 0.752. The van der Waals surface area contributed by atoms with Crippen molar-refractivity contribution in [2.24, 2.45) is 17.3 Å². The Morgan fingerprint density at radius 2 is 2.27 bits per heavy atom. The Bertz CT molecular complexity index is 278. The van der Waals surface area contributed by atoms with Crippen molar-refractivity contribution in [3.8, 4) is 6.07 Å². The minimum atomic E-state index is -0.461. The molecule has 0 radical (unpaired) electrons. The Labute approximate surface area is 91.9 Å². The molecule has 0 aliphatic heterocycles. The highest BCUT2D eigenvalue weighted by Crippen LogP contribution is 2.50. The van der Waals surface area contributed by atoms with Gasteiger partial charge in [-0.2, -0.15) is 5.26 Å². The molecule has 1 N–H and O–H groups in total. The molecule has 1 rings (SSSR count). The van der Waals surface area contributed by atoms with E-state index in [1.165, 1.54) is 6.42 Å². The van der Waals surface area contributed by atoms with E-state index in [1.54, 1.807) is 0 Å². The van der Waals surface area contributed by atoms with Gasteiger partial charge in [0.25, 0.3) is 0 Å². The van der Waals surface area contributed by atoms with Gasteiger partial charge >= 0.3 is 0 Å². The third-order valence-corrected chi connectivity index (χ3v) is 3.29. The molecule has 2 unspecified atom stereocenters. The Balaban J connectivity index is 2.27. The van der Waals surface area contributed by atoms with Crippen LogP contribution in [0.3, 0.4) is 0 Å². The zero-order chi connectivity index (χ0) is 11.5. The van der Waals surface area contributed by atoms with Gasteiger partial charge in [0.2, 0.25) is 5.91 Å². The molecule has 0 aromatic rings. The van der Waals surface area contributed by atoms with Crippen molar-refractivity contribution in [2.45, 2.75) is 40.0 Å². The molecule has 0 bridgehead atoms. The molecule has 1 amide bonds. The second-order valence-corrected chi connectivity index (χ2v) is 5.11. The molecule has 84 valence electrons. The summed E-state index contributed by atoms with van der Waals surface area (Å²) in [6, 6.07) is 2.06. The van der Waals surface area contributed by atoms with E-state index in [4.69, 9.17) is 5.26 Å². The molecule has 2 atom stereocenters. The van der Waals surface area contributed by atoms with Crippen LogP contribution < -0.4 is 5.32 Å². The van der Waals surface area contributed by atoms with Gasteiger partial charge in [-0.1, -0.05) is 27.2 Å². The minimum Gasteiger partial charge on any atom is -0.355 e. The highest BCUT2D eigenvalue weighted by atomic mass is 16.1. The van der Waals surface area contributed by atoms with E-state index in [0.29, 0.717) is 17.8 Å². The molecule has 3 nitrogen and oxygen atoms in total. The third kappa shape index (κ3) is 3.23. The second kappa shape index (κ2) is 4.65. The Hall–Kier alpha value is -1.04.